The molecule has 2 aromatic heterocycles. The first-order valence-electron chi connectivity index (χ1n) is 10.7. The van der Waals surface area contributed by atoms with Crippen molar-refractivity contribution < 1.29 is 46.9 Å². The number of pyridine rings is 1. The van der Waals surface area contributed by atoms with Crippen LogP contribution in [-0.2, 0) is 9.53 Å². The Morgan fingerprint density at radius 1 is 1.14 bits per heavy atom. The van der Waals surface area contributed by atoms with Crippen LogP contribution in [0.15, 0.2) is 48.7 Å². The SMILES string of the molecule is NC(=O)c1ccc(-c2[nH]c(C(=O)NC3(CO)CCOCC3)[n+]3ccccc23)cc1.O=C([O-])C(F)(F)F. The molecular formula is C23H23F3N4O6. The van der Waals surface area contributed by atoms with Crippen LogP contribution >= 0.6 is 0 Å². The molecule has 192 valence electrons. The molecule has 0 bridgehead atoms. The molecule has 0 spiro atoms. The smallest absolute Gasteiger partial charge is 0.430 e. The van der Waals surface area contributed by atoms with Crippen LogP contribution in [0.25, 0.3) is 16.8 Å². The zero-order valence-corrected chi connectivity index (χ0v) is 18.8. The Morgan fingerprint density at radius 2 is 1.75 bits per heavy atom. The summed E-state index contributed by atoms with van der Waals surface area (Å²) in [6.45, 7) is 0.848. The minimum absolute atomic E-state index is 0.146. The number of amides is 2. The number of nitrogens with two attached hydrogens (primary N) is 1. The van der Waals surface area contributed by atoms with Crippen molar-refractivity contribution in [3.05, 3.63) is 60.0 Å². The molecule has 0 atom stereocenters. The third-order valence-electron chi connectivity index (χ3n) is 5.64. The number of nitrogens with one attached hydrogen (secondary N) is 2. The number of aliphatic hydroxyl groups is 1. The number of carbonyl (C=O) groups excluding carboxylic acids is 3. The van der Waals surface area contributed by atoms with Crippen molar-refractivity contribution in [1.82, 2.24) is 10.3 Å². The number of nitrogens with zero attached hydrogens (tertiary/aromatic N) is 1. The van der Waals surface area contributed by atoms with E-state index in [2.05, 4.69) is 10.3 Å². The van der Waals surface area contributed by atoms with E-state index in [0.29, 0.717) is 37.4 Å². The number of primary amides is 1. The first kappa shape index (κ1) is 26.6. The summed E-state index contributed by atoms with van der Waals surface area (Å²) < 4.78 is 38.7. The summed E-state index contributed by atoms with van der Waals surface area (Å²) in [5.74, 6) is -3.45. The maximum atomic E-state index is 13.1. The molecule has 3 aromatic rings. The number of carboxylic acids is 1. The number of hydrogen-bond acceptors (Lipinski definition) is 6. The third-order valence-corrected chi connectivity index (χ3v) is 5.64. The maximum Gasteiger partial charge on any atom is 0.430 e. The second-order valence-electron chi connectivity index (χ2n) is 8.04. The van der Waals surface area contributed by atoms with E-state index in [1.54, 1.807) is 34.9 Å². The lowest BCUT2D eigenvalue weighted by Crippen LogP contribution is -2.55. The number of carboxylic acid groups (broad SMARTS) is 1. The van der Waals surface area contributed by atoms with Gasteiger partial charge in [0, 0.05) is 24.3 Å². The van der Waals surface area contributed by atoms with E-state index in [0.717, 1.165) is 16.8 Å². The predicted molar refractivity (Wildman–Crippen MR) is 116 cm³/mol. The van der Waals surface area contributed by atoms with Crippen molar-refractivity contribution in [1.29, 1.82) is 0 Å². The summed E-state index contributed by atoms with van der Waals surface area (Å²) in [6.07, 6.45) is -2.28. The zero-order valence-electron chi connectivity index (χ0n) is 18.8. The lowest BCUT2D eigenvalue weighted by molar-refractivity contribution is -0.514. The average molecular weight is 508 g/mol. The van der Waals surface area contributed by atoms with Gasteiger partial charge < -0.3 is 30.8 Å². The van der Waals surface area contributed by atoms with Gasteiger partial charge in [0.1, 0.15) is 5.97 Å². The second kappa shape index (κ2) is 10.7. The van der Waals surface area contributed by atoms with Crippen LogP contribution in [0.5, 0.6) is 0 Å². The first-order chi connectivity index (χ1) is 17.0. The number of hydrogen-bond donors (Lipinski definition) is 4. The van der Waals surface area contributed by atoms with Crippen molar-refractivity contribution in [2.45, 2.75) is 24.6 Å². The third kappa shape index (κ3) is 5.98. The number of halogens is 3. The first-order valence-corrected chi connectivity index (χ1v) is 10.7. The topological polar surface area (TPSA) is 162 Å². The standard InChI is InChI=1S/C21H22N4O4.C2HF3O2/c22-18(27)15-6-4-14(5-7-15)17-16-3-1-2-10-25(16)19(23-17)20(28)24-21(13-26)8-11-29-12-9-21;3-2(4,5)1(6)7/h1-7,10,26H,8-9,11-13H2,(H3,22,24,27,28);(H,6,7). The van der Waals surface area contributed by atoms with E-state index < -0.39 is 23.6 Å². The molecule has 4 rings (SSSR count). The van der Waals surface area contributed by atoms with Gasteiger partial charge in [0.2, 0.25) is 5.91 Å². The van der Waals surface area contributed by atoms with Crippen LogP contribution in [0.3, 0.4) is 0 Å². The molecule has 13 heteroatoms. The Kier molecular flexibility index (Phi) is 7.95. The highest BCUT2D eigenvalue weighted by molar-refractivity contribution is 5.94. The summed E-state index contributed by atoms with van der Waals surface area (Å²) in [5, 5.41) is 21.7. The number of rotatable bonds is 5. The molecule has 1 aliphatic heterocycles. The van der Waals surface area contributed by atoms with Crippen molar-refractivity contribution in [2.24, 2.45) is 5.73 Å². The van der Waals surface area contributed by atoms with Gasteiger partial charge in [-0.2, -0.15) is 17.6 Å². The Balaban J connectivity index is 0.000000454. The minimum atomic E-state index is -5.19. The van der Waals surface area contributed by atoms with Gasteiger partial charge in [-0.05, 0) is 49.2 Å². The number of fused-ring (bicyclic) bond motifs is 1. The highest BCUT2D eigenvalue weighted by Gasteiger charge is 2.37. The van der Waals surface area contributed by atoms with Crippen LogP contribution in [0.2, 0.25) is 0 Å². The van der Waals surface area contributed by atoms with E-state index >= 15 is 0 Å². The predicted octanol–water partition coefficient (Wildman–Crippen LogP) is 0.0892. The van der Waals surface area contributed by atoms with Crippen LogP contribution in [0, 0.1) is 0 Å². The number of aliphatic hydroxyl groups excluding tert-OH is 1. The Hall–Kier alpha value is -3.97. The van der Waals surface area contributed by atoms with Crippen molar-refractivity contribution in [3.8, 4) is 11.3 Å². The number of carbonyl (C=O) groups is 3. The molecule has 1 saturated heterocycles. The van der Waals surface area contributed by atoms with Crippen molar-refractivity contribution in [2.75, 3.05) is 19.8 Å². The number of ether oxygens (including phenoxy) is 1. The van der Waals surface area contributed by atoms with E-state index in [1.165, 1.54) is 0 Å². The fourth-order valence-corrected chi connectivity index (χ4v) is 3.66. The van der Waals surface area contributed by atoms with Gasteiger partial charge in [-0.15, -0.1) is 0 Å². The molecule has 36 heavy (non-hydrogen) atoms. The summed E-state index contributed by atoms with van der Waals surface area (Å²) in [5.41, 5.74) is 7.43. The zero-order chi connectivity index (χ0) is 26.5. The van der Waals surface area contributed by atoms with Crippen LogP contribution in [0.4, 0.5) is 13.2 Å². The molecule has 0 saturated carbocycles. The van der Waals surface area contributed by atoms with E-state index in [9.17, 15) is 27.9 Å². The number of H-pyrrole nitrogens is 1. The quantitative estimate of drug-likeness (QED) is 0.357. The Morgan fingerprint density at radius 3 is 2.28 bits per heavy atom. The molecule has 5 N–H and O–H groups in total. The molecule has 3 heterocycles. The fourth-order valence-electron chi connectivity index (χ4n) is 3.66. The molecule has 10 nitrogen and oxygen atoms in total. The van der Waals surface area contributed by atoms with Crippen molar-refractivity contribution >= 4 is 23.3 Å². The van der Waals surface area contributed by atoms with Gasteiger partial charge in [-0.25, -0.2) is 4.98 Å². The van der Waals surface area contributed by atoms with Gasteiger partial charge in [0.05, 0.1) is 18.3 Å². The number of imidazole rings is 1. The lowest BCUT2D eigenvalue weighted by Gasteiger charge is -2.35. The molecule has 1 fully saturated rings. The molecule has 0 unspecified atom stereocenters. The van der Waals surface area contributed by atoms with E-state index in [1.807, 2.05) is 18.2 Å². The Bertz CT molecular complexity index is 1250. The van der Waals surface area contributed by atoms with Crippen LogP contribution < -0.4 is 20.6 Å². The van der Waals surface area contributed by atoms with Gasteiger partial charge in [-0.3, -0.25) is 9.59 Å². The van der Waals surface area contributed by atoms with Gasteiger partial charge in [-0.1, -0.05) is 6.07 Å². The fraction of sp³-hybridized carbons (Fsp3) is 0.304. The summed E-state index contributed by atoms with van der Waals surface area (Å²) in [4.78, 5) is 36.4. The average Bonchev–Trinajstić information content (AvgIpc) is 3.24. The molecular weight excluding hydrogens is 485 g/mol. The summed E-state index contributed by atoms with van der Waals surface area (Å²) >= 11 is 0. The van der Waals surface area contributed by atoms with Gasteiger partial charge in [0.15, 0.2) is 11.2 Å². The highest BCUT2D eigenvalue weighted by Crippen LogP contribution is 2.24. The van der Waals surface area contributed by atoms with Crippen LogP contribution in [-0.4, -0.2) is 59.4 Å². The van der Waals surface area contributed by atoms with Gasteiger partial charge >= 0.3 is 17.9 Å². The maximum absolute atomic E-state index is 13.1. The monoisotopic (exact) mass is 508 g/mol. The molecule has 0 radical (unpaired) electrons. The lowest BCUT2D eigenvalue weighted by atomic mass is 9.91. The molecule has 2 amide bonds. The largest absolute Gasteiger partial charge is 0.542 e. The van der Waals surface area contributed by atoms with Crippen molar-refractivity contribution in [3.63, 3.8) is 0 Å². The normalized spacial score (nSPS) is 15.0. The number of aliphatic carboxylic acids is 1. The van der Waals surface area contributed by atoms with Gasteiger partial charge in [0.25, 0.3) is 0 Å². The Labute approximate surface area is 202 Å². The van der Waals surface area contributed by atoms with E-state index in [-0.39, 0.29) is 12.5 Å². The second-order valence-corrected chi connectivity index (χ2v) is 8.04. The number of aromatic amines is 1. The minimum Gasteiger partial charge on any atom is -0.542 e. The molecule has 0 aliphatic carbocycles. The number of benzene rings is 1. The summed E-state index contributed by atoms with van der Waals surface area (Å²) in [7, 11) is 0. The number of alkyl halides is 3. The summed E-state index contributed by atoms with van der Waals surface area (Å²) in [6, 6.07) is 12.5. The van der Waals surface area contributed by atoms with E-state index in [4.69, 9.17) is 20.4 Å². The molecule has 1 aliphatic rings. The van der Waals surface area contributed by atoms with Crippen LogP contribution in [0.1, 0.15) is 33.8 Å². The number of aromatic nitrogens is 2. The highest BCUT2D eigenvalue weighted by atomic mass is 19.4. The molecule has 1 aromatic carbocycles.